The van der Waals surface area contributed by atoms with Crippen LogP contribution in [0.15, 0.2) is 40.9 Å². The number of amides is 1. The molecule has 0 atom stereocenters. The van der Waals surface area contributed by atoms with E-state index in [9.17, 15) is 4.79 Å². The van der Waals surface area contributed by atoms with Crippen molar-refractivity contribution >= 4 is 62.3 Å². The van der Waals surface area contributed by atoms with Gasteiger partial charge in [-0.3, -0.25) is 4.79 Å². The predicted octanol–water partition coefficient (Wildman–Crippen LogP) is 5.66. The molecule has 2 rings (SSSR count). The summed E-state index contributed by atoms with van der Waals surface area (Å²) >= 11 is 21.0. The number of anilines is 1. The van der Waals surface area contributed by atoms with Crippen LogP contribution in [0.1, 0.15) is 10.4 Å². The van der Waals surface area contributed by atoms with Gasteiger partial charge in [-0.05, 0) is 52.3 Å². The third-order valence-electron chi connectivity index (χ3n) is 2.35. The van der Waals surface area contributed by atoms with E-state index in [2.05, 4.69) is 21.2 Å². The minimum absolute atomic E-state index is 0.295. The highest BCUT2D eigenvalue weighted by Crippen LogP contribution is 2.27. The van der Waals surface area contributed by atoms with Crippen molar-refractivity contribution in [2.24, 2.45) is 0 Å². The van der Waals surface area contributed by atoms with Crippen molar-refractivity contribution < 1.29 is 4.79 Å². The van der Waals surface area contributed by atoms with Crippen molar-refractivity contribution in [1.29, 1.82) is 0 Å². The number of hydrogen-bond acceptors (Lipinski definition) is 1. The first-order valence-electron chi connectivity index (χ1n) is 5.19. The maximum absolute atomic E-state index is 12.1. The van der Waals surface area contributed by atoms with Gasteiger partial charge >= 0.3 is 0 Å². The highest BCUT2D eigenvalue weighted by molar-refractivity contribution is 9.10. The molecule has 0 aliphatic carbocycles. The van der Waals surface area contributed by atoms with Crippen LogP contribution in [0.3, 0.4) is 0 Å². The molecule has 2 nitrogen and oxygen atoms in total. The molecule has 0 aliphatic rings. The summed E-state index contributed by atoms with van der Waals surface area (Å²) < 4.78 is 0.732. The average molecular weight is 379 g/mol. The lowest BCUT2D eigenvalue weighted by Crippen LogP contribution is -2.12. The van der Waals surface area contributed by atoms with Gasteiger partial charge in [0.2, 0.25) is 0 Å². The quantitative estimate of drug-likeness (QED) is 0.716. The molecule has 0 aliphatic heterocycles. The fourth-order valence-electron chi connectivity index (χ4n) is 1.46. The van der Waals surface area contributed by atoms with Crippen LogP contribution in [-0.4, -0.2) is 5.91 Å². The van der Waals surface area contributed by atoms with Crippen LogP contribution in [0.4, 0.5) is 5.69 Å². The molecule has 1 amide bonds. The molecular weight excluding hydrogens is 372 g/mol. The number of halogens is 4. The van der Waals surface area contributed by atoms with E-state index in [1.807, 2.05) is 0 Å². The number of hydrogen-bond donors (Lipinski definition) is 1. The van der Waals surface area contributed by atoms with Gasteiger partial charge in [-0.25, -0.2) is 0 Å². The fourth-order valence-corrected chi connectivity index (χ4v) is 2.47. The molecule has 19 heavy (non-hydrogen) atoms. The van der Waals surface area contributed by atoms with Crippen molar-refractivity contribution in [1.82, 2.24) is 0 Å². The summed E-state index contributed by atoms with van der Waals surface area (Å²) in [5, 5.41) is 4.03. The largest absolute Gasteiger partial charge is 0.321 e. The lowest BCUT2D eigenvalue weighted by Gasteiger charge is -2.09. The first-order chi connectivity index (χ1) is 8.97. The third kappa shape index (κ3) is 3.63. The monoisotopic (exact) mass is 377 g/mol. The highest BCUT2D eigenvalue weighted by atomic mass is 79.9. The van der Waals surface area contributed by atoms with Crippen LogP contribution in [0, 0.1) is 0 Å². The van der Waals surface area contributed by atoms with E-state index < -0.39 is 0 Å². The van der Waals surface area contributed by atoms with Crippen LogP contribution in [0.5, 0.6) is 0 Å². The standard InChI is InChI=1S/C13H7BrCl3NO/c14-10-4-2-8(16)6-12(10)18-13(19)9-3-1-7(15)5-11(9)17/h1-6H,(H,18,19). The highest BCUT2D eigenvalue weighted by Gasteiger charge is 2.12. The molecule has 0 saturated carbocycles. The summed E-state index contributed by atoms with van der Waals surface area (Å²) in [7, 11) is 0. The fraction of sp³-hybridized carbons (Fsp3) is 0. The van der Waals surface area contributed by atoms with Crippen LogP contribution < -0.4 is 5.32 Å². The Morgan fingerprint density at radius 2 is 1.63 bits per heavy atom. The second-order valence-corrected chi connectivity index (χ2v) is 5.84. The SMILES string of the molecule is O=C(Nc1cc(Cl)ccc1Br)c1ccc(Cl)cc1Cl. The van der Waals surface area contributed by atoms with E-state index in [0.717, 1.165) is 4.47 Å². The minimum atomic E-state index is -0.329. The number of carbonyl (C=O) groups excluding carboxylic acids is 1. The zero-order valence-corrected chi connectivity index (χ0v) is 13.2. The Morgan fingerprint density at radius 3 is 2.32 bits per heavy atom. The molecule has 0 unspecified atom stereocenters. The predicted molar refractivity (Wildman–Crippen MR) is 83.6 cm³/mol. The average Bonchev–Trinajstić information content (AvgIpc) is 2.33. The summed E-state index contributed by atoms with van der Waals surface area (Å²) in [5.41, 5.74) is 0.918. The van der Waals surface area contributed by atoms with Gasteiger partial charge < -0.3 is 5.32 Å². The number of rotatable bonds is 2. The van der Waals surface area contributed by atoms with Gasteiger partial charge in [0.15, 0.2) is 0 Å². The van der Waals surface area contributed by atoms with Gasteiger partial charge in [-0.15, -0.1) is 0 Å². The van der Waals surface area contributed by atoms with E-state index in [1.165, 1.54) is 6.07 Å². The lowest BCUT2D eigenvalue weighted by molar-refractivity contribution is 0.102. The van der Waals surface area contributed by atoms with Gasteiger partial charge in [-0.2, -0.15) is 0 Å². The normalized spacial score (nSPS) is 10.3. The second-order valence-electron chi connectivity index (χ2n) is 3.70. The van der Waals surface area contributed by atoms with Crippen LogP contribution in [0.25, 0.3) is 0 Å². The smallest absolute Gasteiger partial charge is 0.257 e. The molecule has 6 heteroatoms. The Balaban J connectivity index is 2.28. The van der Waals surface area contributed by atoms with E-state index in [-0.39, 0.29) is 5.91 Å². The van der Waals surface area contributed by atoms with Crippen LogP contribution in [0.2, 0.25) is 15.1 Å². The number of carbonyl (C=O) groups is 1. The topological polar surface area (TPSA) is 29.1 Å². The molecular formula is C13H7BrCl3NO. The third-order valence-corrected chi connectivity index (χ3v) is 3.83. The van der Waals surface area contributed by atoms with E-state index in [0.29, 0.717) is 26.3 Å². The molecule has 0 heterocycles. The molecule has 2 aromatic rings. The Morgan fingerprint density at radius 1 is 1.00 bits per heavy atom. The molecule has 0 aromatic heterocycles. The minimum Gasteiger partial charge on any atom is -0.321 e. The van der Waals surface area contributed by atoms with E-state index >= 15 is 0 Å². The van der Waals surface area contributed by atoms with Crippen molar-refractivity contribution in [2.75, 3.05) is 5.32 Å². The van der Waals surface area contributed by atoms with Crippen LogP contribution >= 0.6 is 50.7 Å². The molecule has 0 saturated heterocycles. The van der Waals surface area contributed by atoms with E-state index in [1.54, 1.807) is 30.3 Å². The van der Waals surface area contributed by atoms with Gasteiger partial charge in [-0.1, -0.05) is 34.8 Å². The van der Waals surface area contributed by atoms with Gasteiger partial charge in [0.1, 0.15) is 0 Å². The first-order valence-corrected chi connectivity index (χ1v) is 7.11. The van der Waals surface area contributed by atoms with Gasteiger partial charge in [0, 0.05) is 14.5 Å². The van der Waals surface area contributed by atoms with Crippen molar-refractivity contribution in [3.63, 3.8) is 0 Å². The summed E-state index contributed by atoms with van der Waals surface area (Å²) in [5.74, 6) is -0.329. The Kier molecular flexibility index (Phi) is 4.74. The molecule has 0 fully saturated rings. The molecule has 1 N–H and O–H groups in total. The summed E-state index contributed by atoms with van der Waals surface area (Å²) in [4.78, 5) is 12.1. The number of nitrogens with one attached hydrogen (secondary N) is 1. The van der Waals surface area contributed by atoms with Crippen molar-refractivity contribution in [3.8, 4) is 0 Å². The Bertz CT molecular complexity index is 646. The summed E-state index contributed by atoms with van der Waals surface area (Å²) in [6.45, 7) is 0. The maximum atomic E-state index is 12.1. The zero-order valence-electron chi connectivity index (χ0n) is 9.38. The van der Waals surface area contributed by atoms with Crippen LogP contribution in [-0.2, 0) is 0 Å². The molecule has 98 valence electrons. The first kappa shape index (κ1) is 14.7. The second kappa shape index (κ2) is 6.14. The van der Waals surface area contributed by atoms with E-state index in [4.69, 9.17) is 34.8 Å². The molecule has 0 bridgehead atoms. The summed E-state index contributed by atoms with van der Waals surface area (Å²) in [6.07, 6.45) is 0. The summed E-state index contributed by atoms with van der Waals surface area (Å²) in [6, 6.07) is 9.81. The number of benzene rings is 2. The van der Waals surface area contributed by atoms with Gasteiger partial charge in [0.25, 0.3) is 5.91 Å². The zero-order chi connectivity index (χ0) is 14.0. The molecule has 0 radical (unpaired) electrons. The Labute approximate surface area is 133 Å². The Hall–Kier alpha value is -0.740. The molecule has 0 spiro atoms. The van der Waals surface area contributed by atoms with Crippen molar-refractivity contribution in [2.45, 2.75) is 0 Å². The van der Waals surface area contributed by atoms with Gasteiger partial charge in [0.05, 0.1) is 16.3 Å². The van der Waals surface area contributed by atoms with Crippen molar-refractivity contribution in [3.05, 3.63) is 61.5 Å². The lowest BCUT2D eigenvalue weighted by atomic mass is 10.2. The maximum Gasteiger partial charge on any atom is 0.257 e. The molecule has 2 aromatic carbocycles.